The molecular weight excluding hydrogens is 210 g/mol. The molecule has 0 aliphatic carbocycles. The monoisotopic (exact) mass is 220 g/mol. The molecule has 0 spiro atoms. The number of halogens is 2. The molecule has 2 rings (SSSR count). The maximum atomic E-state index is 13.4. The second kappa shape index (κ2) is 4.41. The van der Waals surface area contributed by atoms with Crippen molar-refractivity contribution in [3.8, 4) is 0 Å². The molecule has 2 aromatic carbocycles. The van der Waals surface area contributed by atoms with Crippen molar-refractivity contribution in [2.45, 2.75) is 6.10 Å². The van der Waals surface area contributed by atoms with Crippen molar-refractivity contribution >= 4 is 0 Å². The Morgan fingerprint density at radius 1 is 0.938 bits per heavy atom. The average Bonchev–Trinajstić information content (AvgIpc) is 2.32. The molecule has 0 saturated heterocycles. The molecule has 2 aromatic rings. The van der Waals surface area contributed by atoms with Gasteiger partial charge in [0, 0.05) is 5.56 Å². The molecular formula is C13H10F2O. The highest BCUT2D eigenvalue weighted by molar-refractivity contribution is 5.30. The number of benzene rings is 2. The summed E-state index contributed by atoms with van der Waals surface area (Å²) in [4.78, 5) is 0. The van der Waals surface area contributed by atoms with E-state index in [1.54, 1.807) is 30.3 Å². The van der Waals surface area contributed by atoms with Crippen LogP contribution < -0.4 is 0 Å². The van der Waals surface area contributed by atoms with Crippen LogP contribution in [-0.4, -0.2) is 5.11 Å². The lowest BCUT2D eigenvalue weighted by Gasteiger charge is -2.12. The van der Waals surface area contributed by atoms with E-state index in [4.69, 9.17) is 0 Å². The maximum absolute atomic E-state index is 13.4. The number of hydrogen-bond donors (Lipinski definition) is 1. The fourth-order valence-electron chi connectivity index (χ4n) is 1.54. The number of aliphatic hydroxyl groups is 1. The van der Waals surface area contributed by atoms with Crippen LogP contribution in [0.5, 0.6) is 0 Å². The molecule has 0 radical (unpaired) electrons. The van der Waals surface area contributed by atoms with E-state index in [1.165, 1.54) is 0 Å². The highest BCUT2D eigenvalue weighted by Gasteiger charge is 2.15. The Kier molecular flexibility index (Phi) is 2.97. The third-order valence-corrected chi connectivity index (χ3v) is 2.37. The average molecular weight is 220 g/mol. The van der Waals surface area contributed by atoms with Crippen molar-refractivity contribution in [3.05, 3.63) is 71.3 Å². The maximum Gasteiger partial charge on any atom is 0.129 e. The summed E-state index contributed by atoms with van der Waals surface area (Å²) in [5.74, 6) is -1.18. The normalized spacial score (nSPS) is 12.4. The Morgan fingerprint density at radius 3 is 2.31 bits per heavy atom. The topological polar surface area (TPSA) is 20.2 Å². The zero-order valence-corrected chi connectivity index (χ0v) is 8.40. The molecule has 0 fully saturated rings. The van der Waals surface area contributed by atoms with Gasteiger partial charge in [0.15, 0.2) is 0 Å². The SMILES string of the molecule is OC(c1ccccc1)c1cc(F)ccc1F. The summed E-state index contributed by atoms with van der Waals surface area (Å²) in [7, 11) is 0. The van der Waals surface area contributed by atoms with Gasteiger partial charge in [-0.1, -0.05) is 30.3 Å². The first-order valence-corrected chi connectivity index (χ1v) is 4.86. The van der Waals surface area contributed by atoms with Crippen LogP contribution in [-0.2, 0) is 0 Å². The van der Waals surface area contributed by atoms with E-state index in [-0.39, 0.29) is 5.56 Å². The van der Waals surface area contributed by atoms with Gasteiger partial charge in [0.05, 0.1) is 0 Å². The van der Waals surface area contributed by atoms with E-state index in [0.717, 1.165) is 18.2 Å². The molecule has 1 N–H and O–H groups in total. The fourth-order valence-corrected chi connectivity index (χ4v) is 1.54. The van der Waals surface area contributed by atoms with E-state index < -0.39 is 17.7 Å². The number of hydrogen-bond acceptors (Lipinski definition) is 1. The smallest absolute Gasteiger partial charge is 0.129 e. The van der Waals surface area contributed by atoms with Gasteiger partial charge in [0.1, 0.15) is 17.7 Å². The Hall–Kier alpha value is -1.74. The summed E-state index contributed by atoms with van der Waals surface area (Å²) < 4.78 is 26.3. The van der Waals surface area contributed by atoms with Crippen LogP contribution >= 0.6 is 0 Å². The predicted molar refractivity (Wildman–Crippen MR) is 56.9 cm³/mol. The molecule has 1 nitrogen and oxygen atoms in total. The van der Waals surface area contributed by atoms with Crippen LogP contribution in [0.25, 0.3) is 0 Å². The first-order valence-electron chi connectivity index (χ1n) is 4.86. The molecule has 0 aliphatic heterocycles. The lowest BCUT2D eigenvalue weighted by molar-refractivity contribution is 0.214. The second-order valence-corrected chi connectivity index (χ2v) is 3.48. The molecule has 0 aliphatic rings. The van der Waals surface area contributed by atoms with Crippen molar-refractivity contribution in [2.75, 3.05) is 0 Å². The summed E-state index contributed by atoms with van der Waals surface area (Å²) in [6.45, 7) is 0. The molecule has 0 heterocycles. The fraction of sp³-hybridized carbons (Fsp3) is 0.0769. The van der Waals surface area contributed by atoms with Crippen LogP contribution in [0.1, 0.15) is 17.2 Å². The highest BCUT2D eigenvalue weighted by Crippen LogP contribution is 2.24. The summed E-state index contributed by atoms with van der Waals surface area (Å²) in [6, 6.07) is 11.6. The van der Waals surface area contributed by atoms with Crippen LogP contribution in [0.15, 0.2) is 48.5 Å². The zero-order chi connectivity index (χ0) is 11.5. The van der Waals surface area contributed by atoms with Gasteiger partial charge in [-0.15, -0.1) is 0 Å². The number of rotatable bonds is 2. The number of aliphatic hydroxyl groups excluding tert-OH is 1. The summed E-state index contributed by atoms with van der Waals surface area (Å²) in [5, 5.41) is 9.89. The molecule has 16 heavy (non-hydrogen) atoms. The summed E-state index contributed by atoms with van der Waals surface area (Å²) in [6.07, 6.45) is -1.14. The molecule has 3 heteroatoms. The Labute approximate surface area is 92.0 Å². The van der Waals surface area contributed by atoms with Gasteiger partial charge >= 0.3 is 0 Å². The second-order valence-electron chi connectivity index (χ2n) is 3.48. The molecule has 82 valence electrons. The lowest BCUT2D eigenvalue weighted by atomic mass is 10.0. The van der Waals surface area contributed by atoms with Gasteiger partial charge in [-0.2, -0.15) is 0 Å². The van der Waals surface area contributed by atoms with Gasteiger partial charge in [-0.25, -0.2) is 8.78 Å². The third kappa shape index (κ3) is 2.09. The molecule has 0 aromatic heterocycles. The van der Waals surface area contributed by atoms with Crippen molar-refractivity contribution in [2.24, 2.45) is 0 Å². The van der Waals surface area contributed by atoms with E-state index in [9.17, 15) is 13.9 Å². The van der Waals surface area contributed by atoms with Crippen LogP contribution in [0.4, 0.5) is 8.78 Å². The summed E-state index contributed by atoms with van der Waals surface area (Å²) in [5.41, 5.74) is 0.484. The standard InChI is InChI=1S/C13H10F2O/c14-10-6-7-12(15)11(8-10)13(16)9-4-2-1-3-5-9/h1-8,13,16H. The molecule has 1 unspecified atom stereocenters. The zero-order valence-electron chi connectivity index (χ0n) is 8.40. The lowest BCUT2D eigenvalue weighted by Crippen LogP contribution is -2.02. The van der Waals surface area contributed by atoms with E-state index in [0.29, 0.717) is 5.56 Å². The van der Waals surface area contributed by atoms with E-state index >= 15 is 0 Å². The Balaban J connectivity index is 2.41. The van der Waals surface area contributed by atoms with Crippen molar-refractivity contribution in [1.82, 2.24) is 0 Å². The quantitative estimate of drug-likeness (QED) is 0.824. The highest BCUT2D eigenvalue weighted by atomic mass is 19.1. The van der Waals surface area contributed by atoms with Gasteiger partial charge in [0.2, 0.25) is 0 Å². The summed E-state index contributed by atoms with van der Waals surface area (Å²) >= 11 is 0. The van der Waals surface area contributed by atoms with Crippen LogP contribution in [0.3, 0.4) is 0 Å². The van der Waals surface area contributed by atoms with Crippen LogP contribution in [0, 0.1) is 11.6 Å². The first kappa shape index (κ1) is 10.8. The van der Waals surface area contributed by atoms with Crippen LogP contribution in [0.2, 0.25) is 0 Å². The van der Waals surface area contributed by atoms with E-state index in [2.05, 4.69) is 0 Å². The molecule has 0 amide bonds. The van der Waals surface area contributed by atoms with Gasteiger partial charge in [0.25, 0.3) is 0 Å². The van der Waals surface area contributed by atoms with Crippen molar-refractivity contribution in [1.29, 1.82) is 0 Å². The Bertz CT molecular complexity index is 483. The first-order chi connectivity index (χ1) is 7.68. The Morgan fingerprint density at radius 2 is 1.62 bits per heavy atom. The molecule has 0 bridgehead atoms. The van der Waals surface area contributed by atoms with Crippen molar-refractivity contribution in [3.63, 3.8) is 0 Å². The van der Waals surface area contributed by atoms with E-state index in [1.807, 2.05) is 0 Å². The van der Waals surface area contributed by atoms with Gasteiger partial charge < -0.3 is 5.11 Å². The van der Waals surface area contributed by atoms with Gasteiger partial charge in [-0.05, 0) is 23.8 Å². The minimum atomic E-state index is -1.14. The molecule has 1 atom stereocenters. The minimum absolute atomic E-state index is 0.0498. The minimum Gasteiger partial charge on any atom is -0.384 e. The predicted octanol–water partition coefficient (Wildman–Crippen LogP) is 3.05. The molecule has 0 saturated carbocycles. The third-order valence-electron chi connectivity index (χ3n) is 2.37. The largest absolute Gasteiger partial charge is 0.384 e. The van der Waals surface area contributed by atoms with Gasteiger partial charge in [-0.3, -0.25) is 0 Å². The van der Waals surface area contributed by atoms with Crippen molar-refractivity contribution < 1.29 is 13.9 Å².